The monoisotopic (exact) mass is 403 g/mol. The molecule has 0 unspecified atom stereocenters. The average molecular weight is 401 g/mol. The summed E-state index contributed by atoms with van der Waals surface area (Å²) in [6.45, 7) is 0. The number of nitro benzene ring substituents is 3. The van der Waals surface area contributed by atoms with Gasteiger partial charge in [-0.2, -0.15) is 0 Å². The van der Waals surface area contributed by atoms with E-state index in [1.807, 2.05) is 0 Å². The van der Waals surface area contributed by atoms with Crippen LogP contribution >= 0.6 is 0 Å². The van der Waals surface area contributed by atoms with Crippen LogP contribution in [0.25, 0.3) is 0 Å². The summed E-state index contributed by atoms with van der Waals surface area (Å²) in [5.74, 6) is -1.46. The van der Waals surface area contributed by atoms with Crippen LogP contribution in [0, 0.1) is 30.3 Å². The minimum Gasteiger partial charge on any atom is -0.863 e. The van der Waals surface area contributed by atoms with Gasteiger partial charge in [0.05, 0.1) is 32.7 Å². The normalized spacial score (nSPS) is 9.60. The largest absolute Gasteiger partial charge is 0.863 e. The second-order valence-corrected chi connectivity index (χ2v) is 10.8. The number of nitro groups is 3. The fraction of sp³-hybridized carbons (Fsp3) is 0.333. The van der Waals surface area contributed by atoms with Crippen LogP contribution in [0.15, 0.2) is 12.1 Å². The molecule has 0 heterocycles. The molecule has 0 aliphatic carbocycles. The second kappa shape index (κ2) is 7.56. The summed E-state index contributed by atoms with van der Waals surface area (Å²) in [6.07, 6.45) is 0. The molecule has 1 aromatic rings. The molecule has 0 bridgehead atoms. The maximum absolute atomic E-state index is 11.1. The van der Waals surface area contributed by atoms with E-state index in [1.165, 1.54) is 0 Å². The van der Waals surface area contributed by atoms with E-state index in [0.717, 1.165) is 0 Å². The molecule has 0 saturated carbocycles. The van der Waals surface area contributed by atoms with Gasteiger partial charge < -0.3 is 5.11 Å². The van der Waals surface area contributed by atoms with Crippen molar-refractivity contribution in [3.63, 3.8) is 0 Å². The van der Waals surface area contributed by atoms with Crippen molar-refractivity contribution >= 4 is 36.6 Å². The Balaban J connectivity index is 0.000000796. The van der Waals surface area contributed by atoms with Gasteiger partial charge in [-0.1, -0.05) is 0 Å². The number of non-ortho nitro benzene ring substituents is 1. The van der Waals surface area contributed by atoms with Crippen LogP contribution in [0.1, 0.15) is 0 Å². The van der Waals surface area contributed by atoms with E-state index in [0.29, 0.717) is 12.1 Å². The van der Waals surface area contributed by atoms with Crippen molar-refractivity contribution in [3.8, 4) is 5.75 Å². The molecule has 0 N–H and O–H groups in total. The first-order chi connectivity index (χ1) is 9.07. The van der Waals surface area contributed by atoms with E-state index in [-0.39, 0.29) is 19.6 Å². The molecule has 1 rings (SSSR count). The third-order valence-corrected chi connectivity index (χ3v) is 1.64. The average Bonchev–Trinajstić information content (AvgIpc) is 2.27. The third kappa shape index (κ3) is 5.33. The second-order valence-electron chi connectivity index (χ2n) is 3.81. The smallest absolute Gasteiger partial charge is 0.283 e. The van der Waals surface area contributed by atoms with E-state index in [2.05, 4.69) is 14.9 Å². The van der Waals surface area contributed by atoms with Gasteiger partial charge in [-0.25, -0.2) is 0 Å². The summed E-state index contributed by atoms with van der Waals surface area (Å²) < 4.78 is 0. The van der Waals surface area contributed by atoms with E-state index < -0.39 is 37.6 Å². The van der Waals surface area contributed by atoms with Crippen molar-refractivity contribution in [2.75, 3.05) is 0 Å². The Labute approximate surface area is 120 Å². The van der Waals surface area contributed by atoms with Crippen LogP contribution in [0.2, 0.25) is 14.9 Å². The fourth-order valence-electron chi connectivity index (χ4n) is 0.961. The van der Waals surface area contributed by atoms with Crippen LogP contribution in [-0.4, -0.2) is 34.3 Å². The molecule has 1 aromatic carbocycles. The Bertz CT molecular complexity index is 509. The van der Waals surface area contributed by atoms with Crippen molar-refractivity contribution in [1.29, 1.82) is 0 Å². The minimum atomic E-state index is -1.46. The van der Waals surface area contributed by atoms with Crippen LogP contribution in [-0.2, 0) is 0 Å². The summed E-state index contributed by atoms with van der Waals surface area (Å²) in [6, 6.07) is 0.769. The Hall–Kier alpha value is -1.99. The summed E-state index contributed by atoms with van der Waals surface area (Å²) in [5, 5.41) is 42.1. The standard InChI is InChI=1S/C6H3N3O7.C3H9Te/c10-6-4(8(13)14)1-3(7(11)12)2-5(6)9(15)16;1-4(2)3/h1-2,10H;1-3H3/q;+1/p-1. The Morgan fingerprint density at radius 3 is 1.35 bits per heavy atom. The summed E-state index contributed by atoms with van der Waals surface area (Å²) in [4.78, 5) is 34.5. The zero-order valence-electron chi connectivity index (χ0n) is 10.8. The summed E-state index contributed by atoms with van der Waals surface area (Å²) in [5.41, 5.74) is -3.26. The van der Waals surface area contributed by atoms with Gasteiger partial charge in [-0.05, 0) is 0 Å². The van der Waals surface area contributed by atoms with Crippen molar-refractivity contribution in [1.82, 2.24) is 0 Å². The van der Waals surface area contributed by atoms with Gasteiger partial charge in [0.15, 0.2) is 0 Å². The topological polar surface area (TPSA) is 152 Å². The molecule has 11 heteroatoms. The van der Waals surface area contributed by atoms with Gasteiger partial charge >= 0.3 is 34.5 Å². The predicted molar refractivity (Wildman–Crippen MR) is 69.2 cm³/mol. The number of nitrogens with zero attached hydrogens (tertiary/aromatic N) is 3. The molecule has 0 amide bonds. The quantitative estimate of drug-likeness (QED) is 0.426. The van der Waals surface area contributed by atoms with Gasteiger partial charge in [0.1, 0.15) is 0 Å². The molecule has 0 aromatic heterocycles. The number of hydrogen-bond donors (Lipinski definition) is 0. The molecular formula is C9H11N3O7Te. The van der Waals surface area contributed by atoms with Gasteiger partial charge in [0.25, 0.3) is 17.1 Å². The molecule has 0 aliphatic heterocycles. The van der Waals surface area contributed by atoms with E-state index in [9.17, 15) is 35.4 Å². The first-order valence-corrected chi connectivity index (χ1v) is 11.8. The number of benzene rings is 1. The molecule has 0 aliphatic rings. The molecule has 0 saturated heterocycles. The maximum Gasteiger partial charge on any atom is 0.283 e. The van der Waals surface area contributed by atoms with Crippen molar-refractivity contribution < 1.29 is 19.9 Å². The first-order valence-electron chi connectivity index (χ1n) is 4.85. The molecule has 20 heavy (non-hydrogen) atoms. The van der Waals surface area contributed by atoms with Gasteiger partial charge in [-0.15, -0.1) is 0 Å². The van der Waals surface area contributed by atoms with Crippen molar-refractivity contribution in [3.05, 3.63) is 42.5 Å². The van der Waals surface area contributed by atoms with Crippen molar-refractivity contribution in [2.45, 2.75) is 14.9 Å². The molecule has 0 fully saturated rings. The Morgan fingerprint density at radius 2 is 1.15 bits per heavy atom. The Morgan fingerprint density at radius 1 is 0.850 bits per heavy atom. The van der Waals surface area contributed by atoms with Gasteiger partial charge in [0.2, 0.25) is 0 Å². The van der Waals surface area contributed by atoms with Crippen LogP contribution in [0.4, 0.5) is 17.1 Å². The third-order valence-electron chi connectivity index (χ3n) is 1.64. The molecule has 0 atom stereocenters. The van der Waals surface area contributed by atoms with Crippen molar-refractivity contribution in [2.24, 2.45) is 0 Å². The summed E-state index contributed by atoms with van der Waals surface area (Å²) in [7, 11) is 0. The fourth-order valence-corrected chi connectivity index (χ4v) is 0.961. The van der Waals surface area contributed by atoms with Gasteiger partial charge in [-0.3, -0.25) is 30.3 Å². The zero-order valence-corrected chi connectivity index (χ0v) is 13.1. The molecular weight excluding hydrogens is 390 g/mol. The van der Waals surface area contributed by atoms with Crippen LogP contribution in [0.3, 0.4) is 0 Å². The molecule has 0 spiro atoms. The first kappa shape index (κ1) is 18.0. The number of hydrogen-bond acceptors (Lipinski definition) is 7. The van der Waals surface area contributed by atoms with E-state index in [4.69, 9.17) is 0 Å². The molecule has 0 radical (unpaired) electrons. The SMILES string of the molecule is C[Te+](C)C.O=[N+]([O-])c1cc([N+](=O)[O-])c([O-])c([N+](=O)[O-])c1. The Kier molecular flexibility index (Phi) is 6.81. The minimum absolute atomic E-state index is 0.357. The molecule has 110 valence electrons. The van der Waals surface area contributed by atoms with E-state index in [1.54, 1.807) is 0 Å². The van der Waals surface area contributed by atoms with E-state index >= 15 is 0 Å². The van der Waals surface area contributed by atoms with Gasteiger partial charge in [0, 0.05) is 0 Å². The maximum atomic E-state index is 11.1. The van der Waals surface area contributed by atoms with Crippen LogP contribution < -0.4 is 5.11 Å². The predicted octanol–water partition coefficient (Wildman–Crippen LogP) is 1.86. The zero-order chi connectivity index (χ0) is 16.0. The molecule has 10 nitrogen and oxygen atoms in total. The summed E-state index contributed by atoms with van der Waals surface area (Å²) >= 11 is -0.357. The van der Waals surface area contributed by atoms with Crippen LogP contribution in [0.5, 0.6) is 5.75 Å². The number of rotatable bonds is 3.